The molecule has 1 aromatic rings. The predicted molar refractivity (Wildman–Crippen MR) is 70.6 cm³/mol. The molecule has 1 saturated heterocycles. The van der Waals surface area contributed by atoms with Gasteiger partial charge in [0, 0.05) is 30.3 Å². The maximum atomic E-state index is 4.65. The van der Waals surface area contributed by atoms with E-state index in [9.17, 15) is 0 Å². The summed E-state index contributed by atoms with van der Waals surface area (Å²) in [6, 6.07) is 8.43. The van der Waals surface area contributed by atoms with Gasteiger partial charge in [0.15, 0.2) is 0 Å². The first-order chi connectivity index (χ1) is 7.90. The van der Waals surface area contributed by atoms with Crippen molar-refractivity contribution in [3.63, 3.8) is 0 Å². The van der Waals surface area contributed by atoms with Gasteiger partial charge >= 0.3 is 0 Å². The van der Waals surface area contributed by atoms with Crippen LogP contribution in [0.4, 0.5) is 5.69 Å². The molecule has 0 spiro atoms. The van der Waals surface area contributed by atoms with Gasteiger partial charge in [0.05, 0.1) is 6.21 Å². The first kappa shape index (κ1) is 11.3. The highest BCUT2D eigenvalue weighted by Crippen LogP contribution is 2.19. The Kier molecular flexibility index (Phi) is 4.10. The van der Waals surface area contributed by atoms with E-state index in [0.29, 0.717) is 0 Å². The third kappa shape index (κ3) is 2.92. The summed E-state index contributed by atoms with van der Waals surface area (Å²) < 4.78 is 0. The highest BCUT2D eigenvalue weighted by Gasteiger charge is 2.10. The molecular formula is C12H16N2OS. The zero-order valence-corrected chi connectivity index (χ0v) is 10.2. The van der Waals surface area contributed by atoms with Crippen molar-refractivity contribution in [2.45, 2.75) is 0 Å². The maximum absolute atomic E-state index is 4.65. The molecule has 0 N–H and O–H groups in total. The highest BCUT2D eigenvalue weighted by molar-refractivity contribution is 7.99. The van der Waals surface area contributed by atoms with Crippen molar-refractivity contribution in [3.05, 3.63) is 29.8 Å². The normalized spacial score (nSPS) is 16.7. The molecule has 0 radical (unpaired) electrons. The number of oxime groups is 1. The number of hydrogen-bond acceptors (Lipinski definition) is 4. The van der Waals surface area contributed by atoms with Crippen molar-refractivity contribution in [3.8, 4) is 0 Å². The van der Waals surface area contributed by atoms with Crippen LogP contribution in [0.15, 0.2) is 29.4 Å². The van der Waals surface area contributed by atoms with Crippen LogP contribution in [0.1, 0.15) is 5.56 Å². The molecule has 1 aromatic carbocycles. The minimum absolute atomic E-state index is 1.07. The lowest BCUT2D eigenvalue weighted by Crippen LogP contribution is -2.32. The highest BCUT2D eigenvalue weighted by atomic mass is 32.2. The summed E-state index contributed by atoms with van der Waals surface area (Å²) in [4.78, 5) is 7.07. The smallest absolute Gasteiger partial charge is 0.106 e. The van der Waals surface area contributed by atoms with Gasteiger partial charge in [0.1, 0.15) is 7.11 Å². The van der Waals surface area contributed by atoms with Gasteiger partial charge in [-0.1, -0.05) is 17.3 Å². The van der Waals surface area contributed by atoms with E-state index in [1.54, 1.807) is 13.3 Å². The molecule has 1 aliphatic rings. The number of nitrogens with zero attached hydrogens (tertiary/aromatic N) is 2. The van der Waals surface area contributed by atoms with E-state index in [1.165, 1.54) is 17.2 Å². The summed E-state index contributed by atoms with van der Waals surface area (Å²) in [6.45, 7) is 2.30. The molecule has 0 aromatic heterocycles. The van der Waals surface area contributed by atoms with Gasteiger partial charge in [0.2, 0.25) is 0 Å². The zero-order valence-electron chi connectivity index (χ0n) is 9.43. The third-order valence-electron chi connectivity index (χ3n) is 2.58. The van der Waals surface area contributed by atoms with Crippen LogP contribution in [0, 0.1) is 0 Å². The van der Waals surface area contributed by atoms with Gasteiger partial charge < -0.3 is 9.74 Å². The molecular weight excluding hydrogens is 220 g/mol. The topological polar surface area (TPSA) is 24.8 Å². The minimum Gasteiger partial charge on any atom is -0.399 e. The average molecular weight is 236 g/mol. The van der Waals surface area contributed by atoms with Crippen LogP contribution in [0.5, 0.6) is 0 Å². The molecule has 86 valence electrons. The van der Waals surface area contributed by atoms with E-state index in [-0.39, 0.29) is 0 Å². The number of thioether (sulfide) groups is 1. The molecule has 1 heterocycles. The van der Waals surface area contributed by atoms with Crippen molar-refractivity contribution in [2.75, 3.05) is 36.6 Å². The van der Waals surface area contributed by atoms with Gasteiger partial charge in [-0.2, -0.15) is 11.8 Å². The molecule has 4 heteroatoms. The van der Waals surface area contributed by atoms with Crippen molar-refractivity contribution >= 4 is 23.7 Å². The summed E-state index contributed by atoms with van der Waals surface area (Å²) in [5, 5.41) is 3.74. The fraction of sp³-hybridized carbons (Fsp3) is 0.417. The van der Waals surface area contributed by atoms with E-state index in [2.05, 4.69) is 39.2 Å². The largest absolute Gasteiger partial charge is 0.399 e. The SMILES string of the molecule is CON=Cc1ccc(N2CCSCC2)cc1. The Morgan fingerprint density at radius 2 is 1.94 bits per heavy atom. The van der Waals surface area contributed by atoms with Crippen LogP contribution in [0.2, 0.25) is 0 Å². The third-order valence-corrected chi connectivity index (χ3v) is 3.52. The second kappa shape index (κ2) is 5.80. The summed E-state index contributed by atoms with van der Waals surface area (Å²) in [5.41, 5.74) is 2.37. The lowest BCUT2D eigenvalue weighted by Gasteiger charge is -2.28. The summed E-state index contributed by atoms with van der Waals surface area (Å²) >= 11 is 2.03. The standard InChI is InChI=1S/C12H16N2OS/c1-15-13-10-11-2-4-12(5-3-11)14-6-8-16-9-7-14/h2-5,10H,6-9H2,1H3. The van der Waals surface area contributed by atoms with Crippen molar-refractivity contribution in [1.82, 2.24) is 0 Å². The maximum Gasteiger partial charge on any atom is 0.106 e. The molecule has 0 saturated carbocycles. The number of rotatable bonds is 3. The van der Waals surface area contributed by atoms with Crippen LogP contribution in [-0.2, 0) is 4.84 Å². The Hall–Kier alpha value is -1.16. The molecule has 0 amide bonds. The minimum atomic E-state index is 1.07. The molecule has 0 aliphatic carbocycles. The predicted octanol–water partition coefficient (Wildman–Crippen LogP) is 2.22. The summed E-state index contributed by atoms with van der Waals surface area (Å²) in [6.07, 6.45) is 1.72. The van der Waals surface area contributed by atoms with Crippen LogP contribution in [0.3, 0.4) is 0 Å². The van der Waals surface area contributed by atoms with E-state index < -0.39 is 0 Å². The zero-order chi connectivity index (χ0) is 11.2. The average Bonchev–Trinajstić information content (AvgIpc) is 2.38. The number of hydrogen-bond donors (Lipinski definition) is 0. The lowest BCUT2D eigenvalue weighted by atomic mass is 10.2. The molecule has 0 atom stereocenters. The van der Waals surface area contributed by atoms with E-state index in [1.807, 2.05) is 11.8 Å². The second-order valence-electron chi connectivity index (χ2n) is 3.61. The van der Waals surface area contributed by atoms with Crippen molar-refractivity contribution in [1.29, 1.82) is 0 Å². The van der Waals surface area contributed by atoms with Crippen LogP contribution < -0.4 is 4.90 Å². The Balaban J connectivity index is 2.03. The molecule has 16 heavy (non-hydrogen) atoms. The monoisotopic (exact) mass is 236 g/mol. The molecule has 2 rings (SSSR count). The number of benzene rings is 1. The van der Waals surface area contributed by atoms with Gasteiger partial charge in [-0.25, -0.2) is 0 Å². The fourth-order valence-electron chi connectivity index (χ4n) is 1.71. The Labute approximate surface area is 100 Å². The van der Waals surface area contributed by atoms with Gasteiger partial charge in [-0.05, 0) is 17.7 Å². The molecule has 0 unspecified atom stereocenters. The van der Waals surface area contributed by atoms with Crippen LogP contribution in [0.25, 0.3) is 0 Å². The molecule has 1 fully saturated rings. The Bertz CT molecular complexity index is 345. The first-order valence-electron chi connectivity index (χ1n) is 5.39. The van der Waals surface area contributed by atoms with Crippen LogP contribution >= 0.6 is 11.8 Å². The van der Waals surface area contributed by atoms with Crippen molar-refractivity contribution < 1.29 is 4.84 Å². The summed E-state index contributed by atoms with van der Waals surface area (Å²) in [7, 11) is 1.55. The van der Waals surface area contributed by atoms with E-state index in [4.69, 9.17) is 0 Å². The molecule has 3 nitrogen and oxygen atoms in total. The molecule has 0 bridgehead atoms. The Morgan fingerprint density at radius 3 is 2.56 bits per heavy atom. The van der Waals surface area contributed by atoms with Gasteiger partial charge in [0.25, 0.3) is 0 Å². The van der Waals surface area contributed by atoms with E-state index >= 15 is 0 Å². The van der Waals surface area contributed by atoms with Gasteiger partial charge in [-0.3, -0.25) is 0 Å². The lowest BCUT2D eigenvalue weighted by molar-refractivity contribution is 0.215. The molecule has 1 aliphatic heterocycles. The quantitative estimate of drug-likeness (QED) is 0.594. The number of anilines is 1. The van der Waals surface area contributed by atoms with E-state index in [0.717, 1.165) is 18.7 Å². The van der Waals surface area contributed by atoms with Crippen LogP contribution in [-0.4, -0.2) is 37.9 Å². The van der Waals surface area contributed by atoms with Gasteiger partial charge in [-0.15, -0.1) is 0 Å². The summed E-state index contributed by atoms with van der Waals surface area (Å²) in [5.74, 6) is 2.46. The second-order valence-corrected chi connectivity index (χ2v) is 4.83. The first-order valence-corrected chi connectivity index (χ1v) is 6.55. The Morgan fingerprint density at radius 1 is 1.25 bits per heavy atom. The fourth-order valence-corrected chi connectivity index (χ4v) is 2.61. The van der Waals surface area contributed by atoms with Crippen molar-refractivity contribution in [2.24, 2.45) is 5.16 Å².